The van der Waals surface area contributed by atoms with Gasteiger partial charge in [0.2, 0.25) is 0 Å². The van der Waals surface area contributed by atoms with Crippen molar-refractivity contribution < 1.29 is 6.22 Å². The van der Waals surface area contributed by atoms with Crippen LogP contribution in [0.2, 0.25) is 0 Å². The molecule has 0 aliphatic rings. The maximum absolute atomic E-state index is 10.5. The molecule has 0 aromatic rings. The van der Waals surface area contributed by atoms with Crippen molar-refractivity contribution >= 4 is 27.4 Å². The SMILES string of the molecule is CC.CCNCCSSCCC(C)=O.[HH]. The highest BCUT2D eigenvalue weighted by Crippen LogP contribution is 2.20. The van der Waals surface area contributed by atoms with E-state index in [1.807, 2.05) is 24.6 Å². The molecule has 0 bridgehead atoms. The summed E-state index contributed by atoms with van der Waals surface area (Å²) in [6.45, 7) is 9.85. The van der Waals surface area contributed by atoms with Crippen LogP contribution in [0.4, 0.5) is 0 Å². The van der Waals surface area contributed by atoms with Gasteiger partial charge >= 0.3 is 0 Å². The number of hydrogen-bond acceptors (Lipinski definition) is 4. The molecule has 0 aromatic heterocycles. The number of hydrogen-bond donors (Lipinski definition) is 1. The molecular formula is C10H25NOS2. The molecule has 0 aliphatic heterocycles. The summed E-state index contributed by atoms with van der Waals surface area (Å²) < 4.78 is 0. The van der Waals surface area contributed by atoms with Gasteiger partial charge in [0.05, 0.1) is 0 Å². The first-order chi connectivity index (χ1) is 6.77. The maximum Gasteiger partial charge on any atom is 0.130 e. The highest BCUT2D eigenvalue weighted by Gasteiger charge is 1.93. The van der Waals surface area contributed by atoms with Crippen LogP contribution in [-0.4, -0.2) is 30.4 Å². The second kappa shape index (κ2) is 15.8. The van der Waals surface area contributed by atoms with E-state index in [0.717, 1.165) is 24.6 Å². The minimum atomic E-state index is 0. The number of Topliss-reactive ketones (excluding diaryl/α,β-unsaturated/α-hetero) is 1. The smallest absolute Gasteiger partial charge is 0.130 e. The van der Waals surface area contributed by atoms with Gasteiger partial charge in [-0.05, 0) is 13.5 Å². The third-order valence-electron chi connectivity index (χ3n) is 1.23. The second-order valence-corrected chi connectivity index (χ2v) is 5.15. The largest absolute Gasteiger partial charge is 0.316 e. The fourth-order valence-corrected chi connectivity index (χ4v) is 2.64. The molecule has 0 rings (SSSR count). The van der Waals surface area contributed by atoms with Crippen molar-refractivity contribution in [1.29, 1.82) is 0 Å². The van der Waals surface area contributed by atoms with Crippen LogP contribution in [0, 0.1) is 0 Å². The predicted octanol–water partition coefficient (Wildman–Crippen LogP) is 3.23. The first-order valence-corrected chi connectivity index (χ1v) is 7.70. The molecule has 0 aliphatic carbocycles. The lowest BCUT2D eigenvalue weighted by molar-refractivity contribution is -0.116. The van der Waals surface area contributed by atoms with Crippen molar-refractivity contribution in [2.24, 2.45) is 0 Å². The minimum absolute atomic E-state index is 0. The zero-order valence-electron chi connectivity index (χ0n) is 9.76. The van der Waals surface area contributed by atoms with Gasteiger partial charge in [-0.1, -0.05) is 42.4 Å². The first-order valence-electron chi connectivity index (χ1n) is 5.22. The Hall–Kier alpha value is 0.330. The van der Waals surface area contributed by atoms with Gasteiger partial charge < -0.3 is 5.32 Å². The quantitative estimate of drug-likeness (QED) is 0.520. The van der Waals surface area contributed by atoms with Gasteiger partial charge in [0.15, 0.2) is 0 Å². The Bertz CT molecular complexity index is 126. The molecule has 2 nitrogen and oxygen atoms in total. The molecule has 88 valence electrons. The minimum Gasteiger partial charge on any atom is -0.316 e. The van der Waals surface area contributed by atoms with Crippen LogP contribution >= 0.6 is 21.6 Å². The molecule has 0 amide bonds. The van der Waals surface area contributed by atoms with Gasteiger partial charge in [-0.15, -0.1) is 0 Å². The molecule has 1 N–H and O–H groups in total. The molecule has 0 radical (unpaired) electrons. The van der Waals surface area contributed by atoms with E-state index in [1.165, 1.54) is 0 Å². The zero-order chi connectivity index (χ0) is 11.2. The summed E-state index contributed by atoms with van der Waals surface area (Å²) in [5.41, 5.74) is 0. The van der Waals surface area contributed by atoms with Crippen molar-refractivity contribution in [2.45, 2.75) is 34.1 Å². The molecule has 0 fully saturated rings. The predicted molar refractivity (Wildman–Crippen MR) is 72.2 cm³/mol. The highest BCUT2D eigenvalue weighted by atomic mass is 33.1. The van der Waals surface area contributed by atoms with Crippen LogP contribution < -0.4 is 5.32 Å². The second-order valence-electron chi connectivity index (χ2n) is 2.45. The van der Waals surface area contributed by atoms with Crippen LogP contribution in [0.5, 0.6) is 0 Å². The number of carbonyl (C=O) groups excluding carboxylic acids is 1. The number of nitrogens with one attached hydrogen (secondary N) is 1. The Balaban J connectivity index is -0.000000449. The van der Waals surface area contributed by atoms with Crippen molar-refractivity contribution in [2.75, 3.05) is 24.6 Å². The van der Waals surface area contributed by atoms with Gasteiger partial charge in [0.1, 0.15) is 5.78 Å². The molecule has 0 atom stereocenters. The van der Waals surface area contributed by atoms with Crippen molar-refractivity contribution in [1.82, 2.24) is 5.32 Å². The summed E-state index contributed by atoms with van der Waals surface area (Å²) in [7, 11) is 3.62. The average Bonchev–Trinajstić information content (AvgIpc) is 2.19. The summed E-state index contributed by atoms with van der Waals surface area (Å²) in [5, 5.41) is 3.25. The van der Waals surface area contributed by atoms with E-state index < -0.39 is 0 Å². The highest BCUT2D eigenvalue weighted by molar-refractivity contribution is 8.76. The molecule has 0 saturated heterocycles. The lowest BCUT2D eigenvalue weighted by Crippen LogP contribution is -2.15. The molecule has 0 heterocycles. The van der Waals surface area contributed by atoms with E-state index in [2.05, 4.69) is 12.2 Å². The zero-order valence-corrected chi connectivity index (χ0v) is 11.4. The molecule has 4 heteroatoms. The van der Waals surface area contributed by atoms with E-state index in [-0.39, 0.29) is 7.21 Å². The van der Waals surface area contributed by atoms with Gasteiger partial charge in [-0.2, -0.15) is 0 Å². The Kier molecular flexibility index (Phi) is 18.9. The Morgan fingerprint density at radius 2 is 1.86 bits per heavy atom. The summed E-state index contributed by atoms with van der Waals surface area (Å²) >= 11 is 0. The van der Waals surface area contributed by atoms with E-state index in [0.29, 0.717) is 6.42 Å². The van der Waals surface area contributed by atoms with Crippen LogP contribution in [-0.2, 0) is 4.79 Å². The molecule has 0 saturated carbocycles. The maximum atomic E-state index is 10.5. The van der Waals surface area contributed by atoms with Crippen molar-refractivity contribution in [3.05, 3.63) is 0 Å². The summed E-state index contributed by atoms with van der Waals surface area (Å²) in [6.07, 6.45) is 0.707. The van der Waals surface area contributed by atoms with Crippen LogP contribution in [0.25, 0.3) is 0 Å². The normalized spacial score (nSPS) is 9.14. The van der Waals surface area contributed by atoms with Crippen LogP contribution in [0.3, 0.4) is 0 Å². The number of rotatable bonds is 8. The van der Waals surface area contributed by atoms with Gasteiger partial charge in [0, 0.05) is 25.9 Å². The monoisotopic (exact) mass is 239 g/mol. The van der Waals surface area contributed by atoms with Crippen molar-refractivity contribution in [3.8, 4) is 0 Å². The van der Waals surface area contributed by atoms with Crippen LogP contribution in [0.15, 0.2) is 0 Å². The first kappa shape index (κ1) is 16.7. The van der Waals surface area contributed by atoms with E-state index in [4.69, 9.17) is 0 Å². The fourth-order valence-electron chi connectivity index (χ4n) is 0.594. The standard InChI is InChI=1S/C8H17NOS2.C2H6.H2/c1-3-9-5-7-12-11-6-4-8(2)10;1-2;/h9H,3-7H2,1-2H3;1-2H3;1H. The molecule has 0 aromatic carbocycles. The molecular weight excluding hydrogens is 214 g/mol. The Labute approximate surface area is 97.9 Å². The topological polar surface area (TPSA) is 29.1 Å². The summed E-state index contributed by atoms with van der Waals surface area (Å²) in [6, 6.07) is 0. The number of carbonyl (C=O) groups is 1. The third kappa shape index (κ3) is 18.2. The molecule has 0 spiro atoms. The molecule has 0 unspecified atom stereocenters. The fraction of sp³-hybridized carbons (Fsp3) is 0.900. The van der Waals surface area contributed by atoms with E-state index >= 15 is 0 Å². The average molecular weight is 239 g/mol. The van der Waals surface area contributed by atoms with E-state index in [9.17, 15) is 4.79 Å². The number of ketones is 1. The third-order valence-corrected chi connectivity index (χ3v) is 3.64. The lowest BCUT2D eigenvalue weighted by Gasteiger charge is -2.00. The van der Waals surface area contributed by atoms with Crippen LogP contribution in [0.1, 0.15) is 35.5 Å². The summed E-state index contributed by atoms with van der Waals surface area (Å²) in [4.78, 5) is 10.5. The van der Waals surface area contributed by atoms with Gasteiger partial charge in [-0.25, -0.2) is 0 Å². The van der Waals surface area contributed by atoms with E-state index in [1.54, 1.807) is 17.7 Å². The summed E-state index contributed by atoms with van der Waals surface area (Å²) in [5.74, 6) is 2.36. The van der Waals surface area contributed by atoms with Crippen molar-refractivity contribution in [3.63, 3.8) is 0 Å². The lowest BCUT2D eigenvalue weighted by atomic mass is 10.4. The molecule has 14 heavy (non-hydrogen) atoms. The Morgan fingerprint density at radius 3 is 2.36 bits per heavy atom. The van der Waals surface area contributed by atoms with Gasteiger partial charge in [-0.3, -0.25) is 4.79 Å². The van der Waals surface area contributed by atoms with Gasteiger partial charge in [0.25, 0.3) is 0 Å². The Morgan fingerprint density at radius 1 is 1.29 bits per heavy atom.